The van der Waals surface area contributed by atoms with Crippen molar-refractivity contribution in [3.63, 3.8) is 0 Å². The summed E-state index contributed by atoms with van der Waals surface area (Å²) in [5.74, 6) is -1.72. The molecule has 0 spiro atoms. The van der Waals surface area contributed by atoms with Gasteiger partial charge in [-0.2, -0.15) is 13.2 Å². The van der Waals surface area contributed by atoms with Crippen LogP contribution in [0.3, 0.4) is 0 Å². The SMILES string of the molecule is NCCCCN1CCCN(C(=O)C(F)(F)F)CC1. The van der Waals surface area contributed by atoms with Crippen LogP contribution in [0.5, 0.6) is 0 Å². The summed E-state index contributed by atoms with van der Waals surface area (Å²) in [5, 5.41) is 0. The van der Waals surface area contributed by atoms with Crippen LogP contribution in [0, 0.1) is 0 Å². The molecule has 1 aliphatic heterocycles. The standard InChI is InChI=1S/C11H20F3N3O/c12-11(13,14)10(18)17-7-3-6-16(8-9-17)5-2-1-4-15/h1-9,15H2. The normalized spacial score (nSPS) is 18.8. The minimum Gasteiger partial charge on any atom is -0.334 e. The number of carbonyl (C=O) groups is 1. The van der Waals surface area contributed by atoms with Crippen molar-refractivity contribution in [2.24, 2.45) is 5.73 Å². The van der Waals surface area contributed by atoms with Crippen LogP contribution in [0.15, 0.2) is 0 Å². The molecular formula is C11H20F3N3O. The lowest BCUT2D eigenvalue weighted by Crippen LogP contribution is -2.43. The molecule has 0 unspecified atom stereocenters. The van der Waals surface area contributed by atoms with Gasteiger partial charge in [0.1, 0.15) is 0 Å². The third-order valence-corrected chi connectivity index (χ3v) is 3.05. The van der Waals surface area contributed by atoms with E-state index in [0.29, 0.717) is 19.5 Å². The Morgan fingerprint density at radius 3 is 2.44 bits per heavy atom. The number of hydrogen-bond donors (Lipinski definition) is 1. The third kappa shape index (κ3) is 4.81. The molecule has 0 aromatic heterocycles. The summed E-state index contributed by atoms with van der Waals surface area (Å²) in [6, 6.07) is 0. The fourth-order valence-electron chi connectivity index (χ4n) is 2.06. The lowest BCUT2D eigenvalue weighted by atomic mass is 10.3. The van der Waals surface area contributed by atoms with Crippen LogP contribution in [-0.2, 0) is 4.79 Å². The quantitative estimate of drug-likeness (QED) is 0.767. The Morgan fingerprint density at radius 1 is 1.11 bits per heavy atom. The first-order valence-corrected chi connectivity index (χ1v) is 6.23. The van der Waals surface area contributed by atoms with Crippen LogP contribution in [0.2, 0.25) is 0 Å². The molecule has 4 nitrogen and oxygen atoms in total. The van der Waals surface area contributed by atoms with Crippen molar-refractivity contribution in [3.05, 3.63) is 0 Å². The van der Waals surface area contributed by atoms with Crippen molar-refractivity contribution in [2.75, 3.05) is 39.3 Å². The molecule has 1 amide bonds. The van der Waals surface area contributed by atoms with Crippen LogP contribution in [-0.4, -0.2) is 61.2 Å². The highest BCUT2D eigenvalue weighted by Crippen LogP contribution is 2.19. The fraction of sp³-hybridized carbons (Fsp3) is 0.909. The lowest BCUT2D eigenvalue weighted by molar-refractivity contribution is -0.185. The number of halogens is 3. The van der Waals surface area contributed by atoms with E-state index in [4.69, 9.17) is 5.73 Å². The highest BCUT2D eigenvalue weighted by atomic mass is 19.4. The summed E-state index contributed by atoms with van der Waals surface area (Å²) < 4.78 is 36.9. The Bertz CT molecular complexity index is 271. The first-order valence-electron chi connectivity index (χ1n) is 6.23. The molecule has 0 aliphatic carbocycles. The largest absolute Gasteiger partial charge is 0.471 e. The Hall–Kier alpha value is -0.820. The lowest BCUT2D eigenvalue weighted by Gasteiger charge is -2.22. The second-order valence-electron chi connectivity index (χ2n) is 4.48. The van der Waals surface area contributed by atoms with Gasteiger partial charge in [0.2, 0.25) is 0 Å². The van der Waals surface area contributed by atoms with Gasteiger partial charge in [-0.25, -0.2) is 0 Å². The number of rotatable bonds is 4. The first-order chi connectivity index (χ1) is 8.45. The van der Waals surface area contributed by atoms with E-state index < -0.39 is 12.1 Å². The molecule has 1 fully saturated rings. The van der Waals surface area contributed by atoms with Gasteiger partial charge in [-0.1, -0.05) is 0 Å². The van der Waals surface area contributed by atoms with E-state index in [1.54, 1.807) is 0 Å². The highest BCUT2D eigenvalue weighted by Gasteiger charge is 2.42. The van der Waals surface area contributed by atoms with E-state index in [0.717, 1.165) is 30.8 Å². The maximum atomic E-state index is 12.3. The van der Waals surface area contributed by atoms with Gasteiger partial charge in [0.05, 0.1) is 0 Å². The van der Waals surface area contributed by atoms with E-state index in [2.05, 4.69) is 4.90 Å². The summed E-state index contributed by atoms with van der Waals surface area (Å²) in [5.41, 5.74) is 5.39. The number of alkyl halides is 3. The van der Waals surface area contributed by atoms with Crippen LogP contribution in [0.1, 0.15) is 19.3 Å². The van der Waals surface area contributed by atoms with Gasteiger partial charge in [-0.3, -0.25) is 4.79 Å². The zero-order chi connectivity index (χ0) is 13.6. The van der Waals surface area contributed by atoms with E-state index >= 15 is 0 Å². The maximum absolute atomic E-state index is 12.3. The van der Waals surface area contributed by atoms with Gasteiger partial charge in [0, 0.05) is 19.6 Å². The minimum absolute atomic E-state index is 0.154. The summed E-state index contributed by atoms with van der Waals surface area (Å²) >= 11 is 0. The van der Waals surface area contributed by atoms with Crippen molar-refractivity contribution in [1.29, 1.82) is 0 Å². The van der Waals surface area contributed by atoms with Gasteiger partial charge in [0.15, 0.2) is 0 Å². The average molecular weight is 267 g/mol. The molecule has 0 aromatic rings. The molecule has 0 atom stereocenters. The summed E-state index contributed by atoms with van der Waals surface area (Å²) in [4.78, 5) is 14.1. The predicted octanol–water partition coefficient (Wildman–Crippen LogP) is 0.822. The average Bonchev–Trinajstić information content (AvgIpc) is 2.53. The first kappa shape index (κ1) is 15.2. The Morgan fingerprint density at radius 2 is 1.83 bits per heavy atom. The van der Waals surface area contributed by atoms with Gasteiger partial charge < -0.3 is 15.5 Å². The predicted molar refractivity (Wildman–Crippen MR) is 62.0 cm³/mol. The smallest absolute Gasteiger partial charge is 0.334 e. The Labute approximate surface area is 105 Å². The van der Waals surface area contributed by atoms with Gasteiger partial charge in [-0.15, -0.1) is 0 Å². The monoisotopic (exact) mass is 267 g/mol. The molecule has 106 valence electrons. The molecule has 0 radical (unpaired) electrons. The van der Waals surface area contributed by atoms with Crippen LogP contribution >= 0.6 is 0 Å². The van der Waals surface area contributed by atoms with E-state index in [-0.39, 0.29) is 13.1 Å². The van der Waals surface area contributed by atoms with Crippen molar-refractivity contribution >= 4 is 5.91 Å². The number of nitrogens with zero attached hydrogens (tertiary/aromatic N) is 2. The molecule has 7 heteroatoms. The van der Waals surface area contributed by atoms with E-state index in [1.807, 2.05) is 0 Å². The van der Waals surface area contributed by atoms with Crippen LogP contribution in [0.4, 0.5) is 13.2 Å². The number of unbranched alkanes of at least 4 members (excludes halogenated alkanes) is 1. The molecule has 0 aromatic carbocycles. The third-order valence-electron chi connectivity index (χ3n) is 3.05. The van der Waals surface area contributed by atoms with Crippen molar-refractivity contribution in [2.45, 2.75) is 25.4 Å². The highest BCUT2D eigenvalue weighted by molar-refractivity contribution is 5.81. The topological polar surface area (TPSA) is 49.6 Å². The zero-order valence-corrected chi connectivity index (χ0v) is 10.4. The number of hydrogen-bond acceptors (Lipinski definition) is 3. The number of amides is 1. The summed E-state index contributed by atoms with van der Waals surface area (Å²) in [6.07, 6.45) is -2.30. The number of nitrogens with two attached hydrogens (primary N) is 1. The van der Waals surface area contributed by atoms with Crippen LogP contribution in [0.25, 0.3) is 0 Å². The molecular weight excluding hydrogens is 247 g/mol. The zero-order valence-electron chi connectivity index (χ0n) is 10.4. The second-order valence-corrected chi connectivity index (χ2v) is 4.48. The summed E-state index contributed by atoms with van der Waals surface area (Å²) in [7, 11) is 0. The molecule has 0 saturated carbocycles. The van der Waals surface area contributed by atoms with E-state index in [9.17, 15) is 18.0 Å². The van der Waals surface area contributed by atoms with Gasteiger partial charge in [0.25, 0.3) is 0 Å². The van der Waals surface area contributed by atoms with Crippen molar-refractivity contribution < 1.29 is 18.0 Å². The Balaban J connectivity index is 2.39. The van der Waals surface area contributed by atoms with Gasteiger partial charge >= 0.3 is 12.1 Å². The van der Waals surface area contributed by atoms with Crippen molar-refractivity contribution in [3.8, 4) is 0 Å². The maximum Gasteiger partial charge on any atom is 0.471 e. The molecule has 1 aliphatic rings. The fourth-order valence-corrected chi connectivity index (χ4v) is 2.06. The second kappa shape index (κ2) is 6.94. The molecule has 1 rings (SSSR count). The summed E-state index contributed by atoms with van der Waals surface area (Å²) in [6.45, 7) is 3.06. The van der Waals surface area contributed by atoms with E-state index in [1.165, 1.54) is 0 Å². The molecule has 18 heavy (non-hydrogen) atoms. The minimum atomic E-state index is -4.76. The number of carbonyl (C=O) groups excluding carboxylic acids is 1. The van der Waals surface area contributed by atoms with Crippen LogP contribution < -0.4 is 5.73 Å². The molecule has 1 heterocycles. The van der Waals surface area contributed by atoms with Crippen molar-refractivity contribution in [1.82, 2.24) is 9.80 Å². The molecule has 2 N–H and O–H groups in total. The molecule has 0 bridgehead atoms. The van der Waals surface area contributed by atoms with Gasteiger partial charge in [-0.05, 0) is 38.9 Å². The Kier molecular flexibility index (Phi) is 5.87. The molecule has 1 saturated heterocycles.